The Labute approximate surface area is 128 Å². The fourth-order valence-corrected chi connectivity index (χ4v) is 1.79. The minimum absolute atomic E-state index is 0.169. The molecule has 0 spiro atoms. The van der Waals surface area contributed by atoms with E-state index in [1.807, 2.05) is 24.3 Å². The van der Waals surface area contributed by atoms with Gasteiger partial charge in [-0.1, -0.05) is 15.9 Å². The molecule has 9 heteroatoms. The van der Waals surface area contributed by atoms with Crippen molar-refractivity contribution in [2.45, 2.75) is 0 Å². The molecule has 3 rings (SSSR count). The lowest BCUT2D eigenvalue weighted by molar-refractivity contribution is 0.438. The topological polar surface area (TPSA) is 90.6 Å². The molecule has 106 valence electrons. The lowest BCUT2D eigenvalue weighted by Crippen LogP contribution is -2.08. The Hall–Kier alpha value is -2.55. The zero-order chi connectivity index (χ0) is 14.7. The van der Waals surface area contributed by atoms with Crippen molar-refractivity contribution >= 4 is 21.9 Å². The molecule has 0 aliphatic carbocycles. The van der Waals surface area contributed by atoms with Crippen LogP contribution in [-0.4, -0.2) is 36.8 Å². The van der Waals surface area contributed by atoms with Crippen LogP contribution in [0.1, 0.15) is 0 Å². The van der Waals surface area contributed by atoms with Crippen LogP contribution in [0, 0.1) is 0 Å². The second-order valence-electron chi connectivity index (χ2n) is 3.89. The summed E-state index contributed by atoms with van der Waals surface area (Å²) < 4.78 is 8.02. The van der Waals surface area contributed by atoms with Gasteiger partial charge in [0.25, 0.3) is 5.95 Å². The number of anilines is 1. The van der Waals surface area contributed by atoms with Crippen LogP contribution in [0.15, 0.2) is 41.4 Å². The molecule has 0 amide bonds. The molecule has 2 aromatic heterocycles. The lowest BCUT2D eigenvalue weighted by Gasteiger charge is -2.07. The predicted octanol–water partition coefficient (Wildman–Crippen LogP) is 2.05. The molecule has 0 aliphatic heterocycles. The van der Waals surface area contributed by atoms with Crippen molar-refractivity contribution in [3.63, 3.8) is 0 Å². The Morgan fingerprint density at radius 2 is 1.95 bits per heavy atom. The molecule has 0 saturated carbocycles. The zero-order valence-electron chi connectivity index (χ0n) is 10.9. The van der Waals surface area contributed by atoms with E-state index in [2.05, 4.69) is 46.3 Å². The number of rotatable bonds is 4. The Kier molecular flexibility index (Phi) is 3.73. The van der Waals surface area contributed by atoms with Crippen molar-refractivity contribution in [3.05, 3.63) is 41.4 Å². The number of nitrogens with one attached hydrogen (secondary N) is 1. The third-order valence-electron chi connectivity index (χ3n) is 2.47. The maximum atomic E-state index is 5.63. The van der Waals surface area contributed by atoms with E-state index in [4.69, 9.17) is 4.74 Å². The molecule has 1 aromatic carbocycles. The van der Waals surface area contributed by atoms with Crippen molar-refractivity contribution < 1.29 is 4.74 Å². The van der Waals surface area contributed by atoms with E-state index in [0.29, 0.717) is 17.6 Å². The van der Waals surface area contributed by atoms with E-state index < -0.39 is 0 Å². The molecule has 0 radical (unpaired) electrons. The van der Waals surface area contributed by atoms with Crippen molar-refractivity contribution in [2.75, 3.05) is 12.4 Å². The minimum atomic E-state index is 0.169. The van der Waals surface area contributed by atoms with Crippen LogP contribution in [0.5, 0.6) is 11.8 Å². The number of ether oxygens (including phenoxy) is 1. The summed E-state index contributed by atoms with van der Waals surface area (Å²) >= 11 is 3.37. The average molecular weight is 348 g/mol. The van der Waals surface area contributed by atoms with Crippen molar-refractivity contribution in [1.29, 1.82) is 0 Å². The van der Waals surface area contributed by atoms with E-state index in [9.17, 15) is 0 Å². The molecule has 8 nitrogen and oxygen atoms in total. The fraction of sp³-hybridized carbons (Fsp3) is 0.0833. The summed E-state index contributed by atoms with van der Waals surface area (Å²) in [6.45, 7) is 0. The predicted molar refractivity (Wildman–Crippen MR) is 78.5 cm³/mol. The minimum Gasteiger partial charge on any atom is -0.424 e. The van der Waals surface area contributed by atoms with Crippen molar-refractivity contribution in [2.24, 2.45) is 0 Å². The quantitative estimate of drug-likeness (QED) is 0.772. The first kappa shape index (κ1) is 13.4. The van der Waals surface area contributed by atoms with E-state index in [0.717, 1.165) is 4.47 Å². The van der Waals surface area contributed by atoms with E-state index in [1.54, 1.807) is 7.05 Å². The maximum absolute atomic E-state index is 5.63. The van der Waals surface area contributed by atoms with E-state index >= 15 is 0 Å². The molecule has 21 heavy (non-hydrogen) atoms. The Morgan fingerprint density at radius 1 is 1.14 bits per heavy atom. The number of nitrogens with zero attached hydrogens (tertiary/aromatic N) is 6. The van der Waals surface area contributed by atoms with Crippen molar-refractivity contribution in [1.82, 2.24) is 29.7 Å². The first-order chi connectivity index (χ1) is 10.2. The molecule has 1 N–H and O–H groups in total. The van der Waals surface area contributed by atoms with Gasteiger partial charge in [0.1, 0.15) is 18.4 Å². The largest absolute Gasteiger partial charge is 0.424 e. The molecule has 0 aliphatic rings. The summed E-state index contributed by atoms with van der Waals surface area (Å²) in [5.41, 5.74) is 0. The molecule has 0 saturated heterocycles. The molecule has 0 fully saturated rings. The van der Waals surface area contributed by atoms with Crippen molar-refractivity contribution in [3.8, 4) is 17.7 Å². The van der Waals surface area contributed by atoms with Gasteiger partial charge in [-0.3, -0.25) is 0 Å². The molecule has 0 unspecified atom stereocenters. The van der Waals surface area contributed by atoms with Gasteiger partial charge in [0.05, 0.1) is 0 Å². The number of halogens is 1. The van der Waals surface area contributed by atoms with Crippen LogP contribution >= 0.6 is 15.9 Å². The maximum Gasteiger partial charge on any atom is 0.328 e. The lowest BCUT2D eigenvalue weighted by atomic mass is 10.3. The molecular formula is C12H10BrN7O. The Morgan fingerprint density at radius 3 is 2.62 bits per heavy atom. The summed E-state index contributed by atoms with van der Waals surface area (Å²) in [6, 6.07) is 7.52. The Bertz CT molecular complexity index is 730. The van der Waals surface area contributed by atoms with Gasteiger partial charge >= 0.3 is 6.01 Å². The van der Waals surface area contributed by atoms with Gasteiger partial charge < -0.3 is 10.1 Å². The smallest absolute Gasteiger partial charge is 0.328 e. The summed E-state index contributed by atoms with van der Waals surface area (Å²) in [5, 5.41) is 6.84. The van der Waals surface area contributed by atoms with Crippen LogP contribution in [0.4, 0.5) is 5.95 Å². The summed E-state index contributed by atoms with van der Waals surface area (Å²) in [5.74, 6) is 1.32. The van der Waals surface area contributed by atoms with Crippen LogP contribution < -0.4 is 10.1 Å². The number of hydrogen-bond acceptors (Lipinski definition) is 7. The SMILES string of the molecule is CNc1nc(Oc2ccc(Br)cc2)nc(-n2cncn2)n1. The highest BCUT2D eigenvalue weighted by molar-refractivity contribution is 9.10. The van der Waals surface area contributed by atoms with Gasteiger partial charge in [-0.15, -0.1) is 0 Å². The highest BCUT2D eigenvalue weighted by Gasteiger charge is 2.10. The third kappa shape index (κ3) is 3.14. The second-order valence-corrected chi connectivity index (χ2v) is 4.80. The van der Waals surface area contributed by atoms with Gasteiger partial charge in [-0.05, 0) is 24.3 Å². The highest BCUT2D eigenvalue weighted by atomic mass is 79.9. The second kappa shape index (κ2) is 5.83. The normalized spacial score (nSPS) is 10.4. The van der Waals surface area contributed by atoms with Gasteiger partial charge in [-0.25, -0.2) is 4.98 Å². The number of hydrogen-bond donors (Lipinski definition) is 1. The molecule has 3 aromatic rings. The standard InChI is InChI=1S/C12H10BrN7O/c1-14-10-17-11(20-7-15-6-16-20)19-12(18-10)21-9-4-2-8(13)3-5-9/h2-7H,1H3,(H,14,17,18,19). The third-order valence-corrected chi connectivity index (χ3v) is 3.00. The van der Waals surface area contributed by atoms with E-state index in [-0.39, 0.29) is 6.01 Å². The van der Waals surface area contributed by atoms with Gasteiger partial charge in [-0.2, -0.15) is 24.7 Å². The first-order valence-corrected chi connectivity index (χ1v) is 6.76. The number of benzene rings is 1. The zero-order valence-corrected chi connectivity index (χ0v) is 12.5. The monoisotopic (exact) mass is 347 g/mol. The highest BCUT2D eigenvalue weighted by Crippen LogP contribution is 2.21. The fourth-order valence-electron chi connectivity index (χ4n) is 1.53. The Balaban J connectivity index is 1.94. The molecule has 0 atom stereocenters. The van der Waals surface area contributed by atoms with Crippen LogP contribution in [-0.2, 0) is 0 Å². The van der Waals surface area contributed by atoms with E-state index in [1.165, 1.54) is 17.3 Å². The molecule has 2 heterocycles. The summed E-state index contributed by atoms with van der Waals surface area (Å²) in [7, 11) is 1.71. The van der Waals surface area contributed by atoms with Gasteiger partial charge in [0, 0.05) is 11.5 Å². The van der Waals surface area contributed by atoms with Gasteiger partial charge in [0.2, 0.25) is 5.95 Å². The molecule has 0 bridgehead atoms. The summed E-state index contributed by atoms with van der Waals surface area (Å²) in [6.07, 6.45) is 2.90. The van der Waals surface area contributed by atoms with Crippen LogP contribution in [0.2, 0.25) is 0 Å². The number of aromatic nitrogens is 6. The van der Waals surface area contributed by atoms with Crippen LogP contribution in [0.25, 0.3) is 5.95 Å². The average Bonchev–Trinajstić information content (AvgIpc) is 3.04. The first-order valence-electron chi connectivity index (χ1n) is 5.97. The van der Waals surface area contributed by atoms with Crippen LogP contribution in [0.3, 0.4) is 0 Å². The summed E-state index contributed by atoms with van der Waals surface area (Å²) in [4.78, 5) is 16.4. The van der Waals surface area contributed by atoms with Gasteiger partial charge in [0.15, 0.2) is 0 Å². The molecular weight excluding hydrogens is 338 g/mol.